The number of aliphatic carboxylic acids is 1. The molecule has 1 fully saturated rings. The summed E-state index contributed by atoms with van der Waals surface area (Å²) in [6.45, 7) is 0.608. The third kappa shape index (κ3) is 3.10. The first-order chi connectivity index (χ1) is 9.52. The maximum absolute atomic E-state index is 12.4. The highest BCUT2D eigenvalue weighted by Crippen LogP contribution is 2.25. The van der Waals surface area contributed by atoms with E-state index >= 15 is 0 Å². The number of carboxylic acids is 1. The molecule has 1 N–H and O–H groups in total. The Hall–Kier alpha value is -1.60. The van der Waals surface area contributed by atoms with Gasteiger partial charge in [-0.1, -0.05) is 15.9 Å². The fourth-order valence-corrected chi connectivity index (χ4v) is 2.34. The number of rotatable bonds is 3. The fraction of sp³-hybridized carbons (Fsp3) is 0.385. The summed E-state index contributed by atoms with van der Waals surface area (Å²) in [5.74, 6) is -0.878. The molecule has 0 unspecified atom stereocenters. The predicted molar refractivity (Wildman–Crippen MR) is 74.0 cm³/mol. The molecule has 1 aromatic rings. The second-order valence-electron chi connectivity index (χ2n) is 4.29. The van der Waals surface area contributed by atoms with Gasteiger partial charge in [0.15, 0.2) is 6.10 Å². The Balaban J connectivity index is 2.20. The monoisotopic (exact) mass is 343 g/mol. The lowest BCUT2D eigenvalue weighted by molar-refractivity contribution is -0.154. The molecule has 1 heterocycles. The number of hydrogen-bond donors (Lipinski definition) is 1. The third-order valence-corrected chi connectivity index (χ3v) is 3.52. The van der Waals surface area contributed by atoms with Crippen LogP contribution in [0.25, 0.3) is 0 Å². The van der Waals surface area contributed by atoms with E-state index in [9.17, 15) is 9.59 Å². The number of morpholine rings is 1. The topological polar surface area (TPSA) is 76.1 Å². The zero-order valence-electron chi connectivity index (χ0n) is 10.8. The summed E-state index contributed by atoms with van der Waals surface area (Å²) in [5, 5.41) is 8.95. The van der Waals surface area contributed by atoms with Crippen LogP contribution in [0.2, 0.25) is 0 Å². The molecule has 20 heavy (non-hydrogen) atoms. The first kappa shape index (κ1) is 14.8. The Bertz CT molecular complexity index is 533. The van der Waals surface area contributed by atoms with E-state index in [4.69, 9.17) is 14.6 Å². The molecule has 1 aliphatic heterocycles. The highest BCUT2D eigenvalue weighted by Gasteiger charge is 2.30. The molecule has 1 aliphatic rings. The maximum Gasteiger partial charge on any atom is 0.334 e. The molecule has 0 aliphatic carbocycles. The minimum absolute atomic E-state index is 0.0351. The number of carbonyl (C=O) groups is 2. The Kier molecular flexibility index (Phi) is 4.61. The summed E-state index contributed by atoms with van der Waals surface area (Å²) in [5.41, 5.74) is 0.404. The first-order valence-electron chi connectivity index (χ1n) is 6.00. The average molecular weight is 344 g/mol. The lowest BCUT2D eigenvalue weighted by Gasteiger charge is -2.31. The largest absolute Gasteiger partial charge is 0.496 e. The van der Waals surface area contributed by atoms with E-state index in [0.29, 0.717) is 17.9 Å². The van der Waals surface area contributed by atoms with Crippen molar-refractivity contribution in [1.29, 1.82) is 0 Å². The van der Waals surface area contributed by atoms with Gasteiger partial charge in [0.05, 0.1) is 25.8 Å². The number of hydrogen-bond acceptors (Lipinski definition) is 4. The summed E-state index contributed by atoms with van der Waals surface area (Å²) in [4.78, 5) is 24.8. The maximum atomic E-state index is 12.4. The van der Waals surface area contributed by atoms with Gasteiger partial charge >= 0.3 is 5.97 Å². The molecule has 2 rings (SSSR count). The normalized spacial score (nSPS) is 18.7. The van der Waals surface area contributed by atoms with Gasteiger partial charge in [0.25, 0.3) is 5.91 Å². The Morgan fingerprint density at radius 2 is 2.25 bits per heavy atom. The van der Waals surface area contributed by atoms with Crippen LogP contribution in [0.1, 0.15) is 10.4 Å². The van der Waals surface area contributed by atoms with Crippen molar-refractivity contribution in [3.05, 3.63) is 28.2 Å². The van der Waals surface area contributed by atoms with Crippen LogP contribution in [-0.4, -0.2) is 54.8 Å². The van der Waals surface area contributed by atoms with Gasteiger partial charge in [0, 0.05) is 11.0 Å². The van der Waals surface area contributed by atoms with Crippen LogP contribution >= 0.6 is 15.9 Å². The van der Waals surface area contributed by atoms with Crippen LogP contribution in [0.5, 0.6) is 5.75 Å². The van der Waals surface area contributed by atoms with E-state index in [1.807, 2.05) is 0 Å². The SMILES string of the molecule is COc1cc(Br)ccc1C(=O)N1CCO[C@@H](C(=O)O)C1. The van der Waals surface area contributed by atoms with E-state index in [0.717, 1.165) is 4.47 Å². The lowest BCUT2D eigenvalue weighted by Crippen LogP contribution is -2.48. The minimum atomic E-state index is -1.06. The lowest BCUT2D eigenvalue weighted by atomic mass is 10.1. The molecule has 1 amide bonds. The number of ether oxygens (including phenoxy) is 2. The number of halogens is 1. The van der Waals surface area contributed by atoms with E-state index in [-0.39, 0.29) is 19.1 Å². The number of carboxylic acid groups (broad SMARTS) is 1. The van der Waals surface area contributed by atoms with Gasteiger partial charge in [-0.25, -0.2) is 4.79 Å². The molecule has 1 atom stereocenters. The zero-order chi connectivity index (χ0) is 14.7. The van der Waals surface area contributed by atoms with Gasteiger partial charge in [-0.3, -0.25) is 4.79 Å². The molecule has 0 bridgehead atoms. The van der Waals surface area contributed by atoms with Crippen LogP contribution in [0, 0.1) is 0 Å². The minimum Gasteiger partial charge on any atom is -0.496 e. The van der Waals surface area contributed by atoms with Crippen LogP contribution in [0.4, 0.5) is 0 Å². The molecule has 0 saturated carbocycles. The van der Waals surface area contributed by atoms with Crippen molar-refractivity contribution in [2.75, 3.05) is 26.8 Å². The van der Waals surface area contributed by atoms with Gasteiger partial charge in [0.1, 0.15) is 5.75 Å². The van der Waals surface area contributed by atoms with Gasteiger partial charge in [0.2, 0.25) is 0 Å². The van der Waals surface area contributed by atoms with Crippen LogP contribution in [-0.2, 0) is 9.53 Å². The summed E-state index contributed by atoms with van der Waals surface area (Å²) >= 11 is 3.31. The molecule has 0 radical (unpaired) electrons. The molecular weight excluding hydrogens is 330 g/mol. The molecule has 0 aromatic heterocycles. The number of nitrogens with zero attached hydrogens (tertiary/aromatic N) is 1. The molecule has 1 aromatic carbocycles. The number of amides is 1. The van der Waals surface area contributed by atoms with Gasteiger partial charge < -0.3 is 19.5 Å². The number of methoxy groups -OCH3 is 1. The van der Waals surface area contributed by atoms with Gasteiger partial charge in [-0.2, -0.15) is 0 Å². The Morgan fingerprint density at radius 3 is 2.90 bits per heavy atom. The van der Waals surface area contributed by atoms with Crippen molar-refractivity contribution >= 4 is 27.8 Å². The van der Waals surface area contributed by atoms with Crippen molar-refractivity contribution in [3.8, 4) is 5.75 Å². The second kappa shape index (κ2) is 6.23. The van der Waals surface area contributed by atoms with Gasteiger partial charge in [-0.15, -0.1) is 0 Å². The molecule has 1 saturated heterocycles. The van der Waals surface area contributed by atoms with Crippen LogP contribution in [0.15, 0.2) is 22.7 Å². The smallest absolute Gasteiger partial charge is 0.334 e. The molecule has 7 heteroatoms. The van der Waals surface area contributed by atoms with E-state index < -0.39 is 12.1 Å². The van der Waals surface area contributed by atoms with E-state index in [1.54, 1.807) is 18.2 Å². The van der Waals surface area contributed by atoms with E-state index in [2.05, 4.69) is 15.9 Å². The highest BCUT2D eigenvalue weighted by molar-refractivity contribution is 9.10. The molecule has 0 spiro atoms. The standard InChI is InChI=1S/C13H14BrNO5/c1-19-10-6-8(14)2-3-9(10)12(16)15-4-5-20-11(7-15)13(17)18/h2-3,6,11H,4-5,7H2,1H3,(H,17,18)/t11-/m1/s1. The Morgan fingerprint density at radius 1 is 1.50 bits per heavy atom. The number of benzene rings is 1. The summed E-state index contributed by atoms with van der Waals surface area (Å²) in [7, 11) is 1.48. The summed E-state index contributed by atoms with van der Waals surface area (Å²) in [6, 6.07) is 5.09. The zero-order valence-corrected chi connectivity index (χ0v) is 12.4. The van der Waals surface area contributed by atoms with E-state index in [1.165, 1.54) is 12.0 Å². The molecule has 108 valence electrons. The number of carbonyl (C=O) groups excluding carboxylic acids is 1. The molecular formula is C13H14BrNO5. The summed E-state index contributed by atoms with van der Waals surface area (Å²) in [6.07, 6.45) is -0.978. The predicted octanol–water partition coefficient (Wildman–Crippen LogP) is 1.38. The second-order valence-corrected chi connectivity index (χ2v) is 5.21. The van der Waals surface area contributed by atoms with Crippen LogP contribution < -0.4 is 4.74 Å². The third-order valence-electron chi connectivity index (χ3n) is 3.02. The van der Waals surface area contributed by atoms with Crippen molar-refractivity contribution in [1.82, 2.24) is 4.90 Å². The highest BCUT2D eigenvalue weighted by atomic mass is 79.9. The Labute approximate surface area is 124 Å². The molecule has 6 nitrogen and oxygen atoms in total. The van der Waals surface area contributed by atoms with Crippen molar-refractivity contribution < 1.29 is 24.2 Å². The van der Waals surface area contributed by atoms with Crippen molar-refractivity contribution in [2.45, 2.75) is 6.10 Å². The average Bonchev–Trinajstić information content (AvgIpc) is 2.46. The van der Waals surface area contributed by atoms with Crippen molar-refractivity contribution in [2.24, 2.45) is 0 Å². The van der Waals surface area contributed by atoms with Gasteiger partial charge in [-0.05, 0) is 18.2 Å². The summed E-state index contributed by atoms with van der Waals surface area (Å²) < 4.78 is 11.1. The fourth-order valence-electron chi connectivity index (χ4n) is 2.00. The van der Waals surface area contributed by atoms with Crippen molar-refractivity contribution in [3.63, 3.8) is 0 Å². The van der Waals surface area contributed by atoms with Crippen LogP contribution in [0.3, 0.4) is 0 Å². The quantitative estimate of drug-likeness (QED) is 0.897. The first-order valence-corrected chi connectivity index (χ1v) is 6.79.